The molecule has 2 aromatic heterocycles. The Morgan fingerprint density at radius 2 is 1.90 bits per heavy atom. The summed E-state index contributed by atoms with van der Waals surface area (Å²) < 4.78 is 13.1. The number of rotatable bonds is 7. The van der Waals surface area contributed by atoms with E-state index < -0.39 is 17.2 Å². The van der Waals surface area contributed by atoms with E-state index in [0.717, 1.165) is 73.2 Å². The van der Waals surface area contributed by atoms with Gasteiger partial charge in [-0.2, -0.15) is 5.10 Å². The molecule has 3 aromatic rings. The number of hydrogen-bond acceptors (Lipinski definition) is 6. The van der Waals surface area contributed by atoms with Crippen LogP contribution in [0.4, 0.5) is 9.59 Å². The van der Waals surface area contributed by atoms with Crippen molar-refractivity contribution in [2.45, 2.75) is 96.4 Å². The number of nitrogens with zero attached hydrogens (tertiary/aromatic N) is 4. The van der Waals surface area contributed by atoms with Gasteiger partial charge >= 0.3 is 12.2 Å². The molecular weight excluding hydrogens is 494 g/mol. The van der Waals surface area contributed by atoms with Gasteiger partial charge in [0.1, 0.15) is 12.2 Å². The summed E-state index contributed by atoms with van der Waals surface area (Å²) in [6, 6.07) is 13.5. The first-order valence-electron chi connectivity index (χ1n) is 14.1. The fraction of sp³-hybridized carbons (Fsp3) is 0.533. The van der Waals surface area contributed by atoms with Crippen LogP contribution in [0.2, 0.25) is 0 Å². The fourth-order valence-corrected chi connectivity index (χ4v) is 5.20. The minimum atomic E-state index is -0.559. The third-order valence-corrected chi connectivity index (χ3v) is 7.29. The average Bonchev–Trinajstić information content (AvgIpc) is 3.55. The lowest BCUT2D eigenvalue weighted by Crippen LogP contribution is -2.42. The number of ether oxygens (including phenoxy) is 2. The zero-order valence-electron chi connectivity index (χ0n) is 23.4. The normalized spacial score (nSPS) is 18.6. The van der Waals surface area contributed by atoms with Crippen molar-refractivity contribution in [3.63, 3.8) is 0 Å². The molecule has 1 aromatic carbocycles. The molecule has 1 saturated carbocycles. The van der Waals surface area contributed by atoms with Gasteiger partial charge in [-0.05, 0) is 70.9 Å². The second kappa shape index (κ2) is 10.9. The number of aromatic nitrogens is 3. The first kappa shape index (κ1) is 27.0. The maximum atomic E-state index is 13.0. The summed E-state index contributed by atoms with van der Waals surface area (Å²) in [7, 11) is 0. The topological polar surface area (TPSA) is 98.1 Å². The van der Waals surface area contributed by atoms with E-state index in [4.69, 9.17) is 19.6 Å². The number of fused-ring (bicyclic) bond motifs is 1. The summed E-state index contributed by atoms with van der Waals surface area (Å²) in [6.45, 7) is 8.65. The lowest BCUT2D eigenvalue weighted by atomic mass is 10.00. The second-order valence-corrected chi connectivity index (χ2v) is 11.7. The van der Waals surface area contributed by atoms with Crippen molar-refractivity contribution in [3.8, 4) is 0 Å². The molecule has 1 N–H and O–H groups in total. The van der Waals surface area contributed by atoms with E-state index in [1.54, 1.807) is 0 Å². The first-order valence-corrected chi connectivity index (χ1v) is 14.1. The number of nitrogens with one attached hydrogen (secondary N) is 1. The van der Waals surface area contributed by atoms with Crippen LogP contribution in [0, 0.1) is 0 Å². The minimum absolute atomic E-state index is 0.158. The van der Waals surface area contributed by atoms with Crippen LogP contribution in [0.1, 0.15) is 94.9 Å². The molecule has 9 heteroatoms. The highest BCUT2D eigenvalue weighted by Crippen LogP contribution is 2.45. The molecule has 1 saturated heterocycles. The van der Waals surface area contributed by atoms with Gasteiger partial charge in [-0.25, -0.2) is 19.1 Å². The van der Waals surface area contributed by atoms with Crippen LogP contribution in [0.15, 0.2) is 42.5 Å². The molecule has 0 radical (unpaired) electrons. The second-order valence-electron chi connectivity index (χ2n) is 11.7. The maximum absolute atomic E-state index is 13.0. The third-order valence-electron chi connectivity index (χ3n) is 7.29. The smallest absolute Gasteiger partial charge is 0.410 e. The molecule has 1 unspecified atom stereocenters. The molecule has 0 spiro atoms. The number of amides is 2. The van der Waals surface area contributed by atoms with Crippen molar-refractivity contribution in [2.24, 2.45) is 0 Å². The van der Waals surface area contributed by atoms with Crippen molar-refractivity contribution in [1.82, 2.24) is 24.8 Å². The summed E-state index contributed by atoms with van der Waals surface area (Å²) in [5, 5.41) is 8.02. The minimum Gasteiger partial charge on any atom is -0.445 e. The number of alkyl carbamates (subject to hydrolysis) is 1. The van der Waals surface area contributed by atoms with Crippen LogP contribution in [0.5, 0.6) is 0 Å². The van der Waals surface area contributed by atoms with Crippen LogP contribution < -0.4 is 5.32 Å². The van der Waals surface area contributed by atoms with E-state index >= 15 is 0 Å². The summed E-state index contributed by atoms with van der Waals surface area (Å²) in [5.74, 6) is 0. The molecule has 208 valence electrons. The van der Waals surface area contributed by atoms with Gasteiger partial charge in [-0.15, -0.1) is 0 Å². The van der Waals surface area contributed by atoms with Gasteiger partial charge in [0.05, 0.1) is 23.0 Å². The van der Waals surface area contributed by atoms with Gasteiger partial charge in [0, 0.05) is 18.3 Å². The SMILES string of the molecule is CCCc1cc(C2(NC(=O)OCc3ccccc3)CC2)nc2cc(C3CCCCN3C(=O)OC(C)(C)C)nn12. The highest BCUT2D eigenvalue weighted by atomic mass is 16.6. The Morgan fingerprint density at radius 1 is 1.13 bits per heavy atom. The van der Waals surface area contributed by atoms with Gasteiger partial charge in [0.2, 0.25) is 0 Å². The predicted molar refractivity (Wildman–Crippen MR) is 147 cm³/mol. The number of aryl methyl sites for hydroxylation is 1. The molecule has 5 rings (SSSR count). The Balaban J connectivity index is 1.39. The lowest BCUT2D eigenvalue weighted by Gasteiger charge is -2.35. The molecule has 1 atom stereocenters. The maximum Gasteiger partial charge on any atom is 0.410 e. The lowest BCUT2D eigenvalue weighted by molar-refractivity contribution is 0.00896. The van der Waals surface area contributed by atoms with Crippen molar-refractivity contribution in [3.05, 3.63) is 65.1 Å². The average molecular weight is 534 g/mol. The van der Waals surface area contributed by atoms with Crippen molar-refractivity contribution < 1.29 is 19.1 Å². The summed E-state index contributed by atoms with van der Waals surface area (Å²) in [6.07, 6.45) is 5.43. The Hall–Kier alpha value is -3.62. The quantitative estimate of drug-likeness (QED) is 0.396. The Labute approximate surface area is 229 Å². The van der Waals surface area contributed by atoms with Gasteiger partial charge in [0.15, 0.2) is 5.65 Å². The molecule has 0 bridgehead atoms. The highest BCUT2D eigenvalue weighted by Gasteiger charge is 2.48. The molecule has 1 aliphatic heterocycles. The molecule has 2 aliphatic rings. The van der Waals surface area contributed by atoms with Crippen molar-refractivity contribution >= 4 is 17.8 Å². The van der Waals surface area contributed by atoms with Gasteiger partial charge in [0.25, 0.3) is 0 Å². The zero-order chi connectivity index (χ0) is 27.6. The molecule has 39 heavy (non-hydrogen) atoms. The van der Waals surface area contributed by atoms with Crippen LogP contribution in [0.3, 0.4) is 0 Å². The van der Waals surface area contributed by atoms with Crippen molar-refractivity contribution in [1.29, 1.82) is 0 Å². The zero-order valence-corrected chi connectivity index (χ0v) is 23.4. The van der Waals surface area contributed by atoms with Crippen LogP contribution >= 0.6 is 0 Å². The number of benzene rings is 1. The number of likely N-dealkylation sites (tertiary alicyclic amines) is 1. The van der Waals surface area contributed by atoms with E-state index in [0.29, 0.717) is 6.54 Å². The van der Waals surface area contributed by atoms with Crippen LogP contribution in [0.25, 0.3) is 5.65 Å². The van der Waals surface area contributed by atoms with Crippen molar-refractivity contribution in [2.75, 3.05) is 6.54 Å². The molecule has 2 fully saturated rings. The van der Waals surface area contributed by atoms with E-state index in [1.807, 2.05) is 66.6 Å². The van der Waals surface area contributed by atoms with E-state index in [9.17, 15) is 9.59 Å². The summed E-state index contributed by atoms with van der Waals surface area (Å²) in [4.78, 5) is 32.5. The number of carbonyl (C=O) groups excluding carboxylic acids is 2. The molecule has 3 heterocycles. The van der Waals surface area contributed by atoms with Crippen LogP contribution in [-0.4, -0.2) is 43.8 Å². The highest BCUT2D eigenvalue weighted by molar-refractivity contribution is 5.70. The monoisotopic (exact) mass is 533 g/mol. The van der Waals surface area contributed by atoms with Crippen LogP contribution in [-0.2, 0) is 28.0 Å². The van der Waals surface area contributed by atoms with Gasteiger partial charge < -0.3 is 14.8 Å². The standard InChI is InChI=1S/C30H39N5O4/c1-5-11-22-18-25(30(15-16-30)32-27(36)38-20-21-12-7-6-8-13-21)31-26-19-23(33-35(22)26)24-14-9-10-17-34(24)28(37)39-29(2,3)4/h6-8,12-13,18-19,24H,5,9-11,14-17,20H2,1-4H3,(H,32,36). The summed E-state index contributed by atoms with van der Waals surface area (Å²) >= 11 is 0. The van der Waals surface area contributed by atoms with Gasteiger partial charge in [-0.1, -0.05) is 43.7 Å². The number of carbonyl (C=O) groups is 2. The Bertz CT molecular complexity index is 1330. The van der Waals surface area contributed by atoms with E-state index in [2.05, 4.69) is 18.3 Å². The Kier molecular flexibility index (Phi) is 7.51. The Morgan fingerprint density at radius 3 is 2.59 bits per heavy atom. The number of hydrogen-bond donors (Lipinski definition) is 1. The molecular formula is C30H39N5O4. The fourth-order valence-electron chi connectivity index (χ4n) is 5.20. The molecule has 1 aliphatic carbocycles. The predicted octanol–water partition coefficient (Wildman–Crippen LogP) is 6.06. The van der Waals surface area contributed by atoms with E-state index in [-0.39, 0.29) is 18.7 Å². The van der Waals surface area contributed by atoms with E-state index in [1.165, 1.54) is 0 Å². The van der Waals surface area contributed by atoms with Gasteiger partial charge in [-0.3, -0.25) is 4.90 Å². The largest absolute Gasteiger partial charge is 0.445 e. The molecule has 2 amide bonds. The third kappa shape index (κ3) is 6.18. The summed E-state index contributed by atoms with van der Waals surface area (Å²) in [5.41, 5.74) is 3.27. The molecule has 9 nitrogen and oxygen atoms in total. The first-order chi connectivity index (χ1) is 18.7. The number of piperidine rings is 1.